The summed E-state index contributed by atoms with van der Waals surface area (Å²) in [5.74, 6) is -0.601. The van der Waals surface area contributed by atoms with Crippen LogP contribution in [0.3, 0.4) is 0 Å². The molecule has 1 aromatic carbocycles. The highest BCUT2D eigenvalue weighted by atomic mass is 16.5. The number of methoxy groups -OCH3 is 1. The molecule has 6 heteroatoms. The van der Waals surface area contributed by atoms with Gasteiger partial charge in [0.15, 0.2) is 5.69 Å². The summed E-state index contributed by atoms with van der Waals surface area (Å²) in [6.45, 7) is 1.91. The fraction of sp³-hybridized carbons (Fsp3) is 0.118. The Hall–Kier alpha value is -3.33. The van der Waals surface area contributed by atoms with Crippen molar-refractivity contribution in [3.8, 4) is 11.8 Å². The van der Waals surface area contributed by atoms with Gasteiger partial charge in [0.05, 0.1) is 29.6 Å². The Bertz CT molecular complexity index is 967. The van der Waals surface area contributed by atoms with E-state index in [1.165, 1.54) is 13.3 Å². The van der Waals surface area contributed by atoms with Crippen LogP contribution in [0.1, 0.15) is 21.6 Å². The van der Waals surface area contributed by atoms with Crippen LogP contribution in [-0.4, -0.2) is 22.6 Å². The van der Waals surface area contributed by atoms with Crippen molar-refractivity contribution < 1.29 is 9.53 Å². The molecule has 0 spiro atoms. The molecule has 0 unspecified atom stereocenters. The molecular weight excluding hydrogens is 292 g/mol. The van der Waals surface area contributed by atoms with Gasteiger partial charge in [0, 0.05) is 17.8 Å². The third-order valence-corrected chi connectivity index (χ3v) is 3.73. The molecular formula is C17H14N4O2. The van der Waals surface area contributed by atoms with Crippen molar-refractivity contribution in [2.45, 2.75) is 6.92 Å². The molecule has 0 radical (unpaired) electrons. The van der Waals surface area contributed by atoms with Crippen LogP contribution in [0.4, 0.5) is 5.69 Å². The van der Waals surface area contributed by atoms with E-state index in [1.54, 1.807) is 10.8 Å². The summed E-state index contributed by atoms with van der Waals surface area (Å²) in [4.78, 5) is 16.6. The summed E-state index contributed by atoms with van der Waals surface area (Å²) >= 11 is 0. The lowest BCUT2D eigenvalue weighted by Gasteiger charge is -2.13. The first-order valence-corrected chi connectivity index (χ1v) is 6.92. The van der Waals surface area contributed by atoms with Gasteiger partial charge in [-0.15, -0.1) is 0 Å². The third kappa shape index (κ3) is 2.19. The number of aryl methyl sites for hydroxylation is 1. The van der Waals surface area contributed by atoms with Crippen molar-refractivity contribution in [2.75, 3.05) is 12.8 Å². The molecule has 6 nitrogen and oxygen atoms in total. The Morgan fingerprint density at radius 3 is 2.87 bits per heavy atom. The van der Waals surface area contributed by atoms with Crippen LogP contribution in [0.2, 0.25) is 0 Å². The Morgan fingerprint density at radius 1 is 1.39 bits per heavy atom. The van der Waals surface area contributed by atoms with Gasteiger partial charge in [-0.2, -0.15) is 5.26 Å². The number of esters is 1. The number of rotatable bonds is 2. The number of anilines is 1. The van der Waals surface area contributed by atoms with Crippen LogP contribution >= 0.6 is 0 Å². The predicted molar refractivity (Wildman–Crippen MR) is 86.3 cm³/mol. The molecule has 23 heavy (non-hydrogen) atoms. The number of benzene rings is 1. The second kappa shape index (κ2) is 5.46. The second-order valence-electron chi connectivity index (χ2n) is 5.08. The van der Waals surface area contributed by atoms with E-state index in [1.807, 2.05) is 37.3 Å². The van der Waals surface area contributed by atoms with Crippen LogP contribution in [0.5, 0.6) is 0 Å². The molecule has 0 aliphatic rings. The molecule has 0 amide bonds. The molecule has 2 heterocycles. The number of hydrogen-bond acceptors (Lipinski definition) is 5. The summed E-state index contributed by atoms with van der Waals surface area (Å²) in [5.41, 5.74) is 8.74. The molecule has 2 N–H and O–H groups in total. The molecule has 0 aliphatic carbocycles. The number of nitrogens with zero attached hydrogens (tertiary/aromatic N) is 3. The van der Waals surface area contributed by atoms with E-state index < -0.39 is 5.97 Å². The Kier molecular flexibility index (Phi) is 3.47. The number of nitrogens with two attached hydrogens (primary N) is 1. The molecule has 0 atom stereocenters. The highest BCUT2D eigenvalue weighted by Gasteiger charge is 2.23. The summed E-state index contributed by atoms with van der Waals surface area (Å²) in [7, 11) is 1.28. The van der Waals surface area contributed by atoms with Crippen LogP contribution in [0, 0.1) is 18.3 Å². The minimum atomic E-state index is -0.601. The minimum Gasteiger partial charge on any atom is -0.464 e. The zero-order chi connectivity index (χ0) is 16.6. The van der Waals surface area contributed by atoms with E-state index in [2.05, 4.69) is 4.98 Å². The Labute approximate surface area is 132 Å². The molecule has 0 bridgehead atoms. The Balaban J connectivity index is 2.43. The van der Waals surface area contributed by atoms with Crippen LogP contribution in [0.25, 0.3) is 16.6 Å². The fourth-order valence-corrected chi connectivity index (χ4v) is 2.63. The maximum absolute atomic E-state index is 12.2. The number of aromatic nitrogens is 2. The van der Waals surface area contributed by atoms with E-state index in [0.717, 1.165) is 16.5 Å². The van der Waals surface area contributed by atoms with Gasteiger partial charge in [0.1, 0.15) is 6.07 Å². The molecule has 0 saturated carbocycles. The van der Waals surface area contributed by atoms with E-state index in [-0.39, 0.29) is 16.9 Å². The maximum Gasteiger partial charge on any atom is 0.357 e. The van der Waals surface area contributed by atoms with Crippen molar-refractivity contribution in [3.63, 3.8) is 0 Å². The number of ether oxygens (including phenoxy) is 1. The lowest BCUT2D eigenvalue weighted by atomic mass is 10.1. The normalized spacial score (nSPS) is 10.5. The van der Waals surface area contributed by atoms with Gasteiger partial charge in [-0.05, 0) is 18.6 Å². The SMILES string of the molecule is COC(=O)c1c(N)c(C#N)cn1-c1c(C)ccc2cccnc12. The molecule has 0 fully saturated rings. The number of fused-ring (bicyclic) bond motifs is 1. The highest BCUT2D eigenvalue weighted by Crippen LogP contribution is 2.30. The van der Waals surface area contributed by atoms with Crippen LogP contribution in [-0.2, 0) is 4.74 Å². The topological polar surface area (TPSA) is 93.9 Å². The zero-order valence-electron chi connectivity index (χ0n) is 12.7. The first-order valence-electron chi connectivity index (χ1n) is 6.92. The number of hydrogen-bond donors (Lipinski definition) is 1. The number of carbonyl (C=O) groups excluding carboxylic acids is 1. The standard InChI is InChI=1S/C17H14N4O2/c1-10-5-6-11-4-3-7-20-14(11)15(10)21-9-12(8-18)13(19)16(21)17(22)23-2/h3-7,9H,19H2,1-2H3. The quantitative estimate of drug-likeness (QED) is 0.734. The lowest BCUT2D eigenvalue weighted by molar-refractivity contribution is 0.0593. The number of carbonyl (C=O) groups is 1. The van der Waals surface area contributed by atoms with Crippen molar-refractivity contribution in [1.82, 2.24) is 9.55 Å². The van der Waals surface area contributed by atoms with E-state index in [4.69, 9.17) is 10.5 Å². The van der Waals surface area contributed by atoms with Crippen molar-refractivity contribution in [1.29, 1.82) is 5.26 Å². The van der Waals surface area contributed by atoms with Gasteiger partial charge in [0.2, 0.25) is 0 Å². The largest absolute Gasteiger partial charge is 0.464 e. The maximum atomic E-state index is 12.2. The smallest absolute Gasteiger partial charge is 0.357 e. The summed E-state index contributed by atoms with van der Waals surface area (Å²) in [5, 5.41) is 10.2. The van der Waals surface area contributed by atoms with Crippen molar-refractivity contribution in [3.05, 3.63) is 53.5 Å². The van der Waals surface area contributed by atoms with Crippen molar-refractivity contribution in [2.24, 2.45) is 0 Å². The van der Waals surface area contributed by atoms with Crippen LogP contribution in [0.15, 0.2) is 36.7 Å². The highest BCUT2D eigenvalue weighted by molar-refractivity contribution is 5.98. The van der Waals surface area contributed by atoms with Gasteiger partial charge in [-0.1, -0.05) is 18.2 Å². The van der Waals surface area contributed by atoms with Crippen LogP contribution < -0.4 is 5.73 Å². The predicted octanol–water partition coefficient (Wildman–Crippen LogP) is 2.57. The van der Waals surface area contributed by atoms with Gasteiger partial charge >= 0.3 is 5.97 Å². The average Bonchev–Trinajstić information content (AvgIpc) is 2.90. The van der Waals surface area contributed by atoms with Gasteiger partial charge in [-0.3, -0.25) is 4.98 Å². The second-order valence-corrected chi connectivity index (χ2v) is 5.08. The number of nitriles is 1. The van der Waals surface area contributed by atoms with Gasteiger partial charge in [0.25, 0.3) is 0 Å². The Morgan fingerprint density at radius 2 is 2.17 bits per heavy atom. The summed E-state index contributed by atoms with van der Waals surface area (Å²) in [6, 6.07) is 9.66. The molecule has 3 aromatic rings. The average molecular weight is 306 g/mol. The number of pyridine rings is 1. The first-order chi connectivity index (χ1) is 11.1. The minimum absolute atomic E-state index is 0.103. The number of nitrogen functional groups attached to an aromatic ring is 1. The third-order valence-electron chi connectivity index (χ3n) is 3.73. The molecule has 2 aromatic heterocycles. The fourth-order valence-electron chi connectivity index (χ4n) is 2.63. The summed E-state index contributed by atoms with van der Waals surface area (Å²) < 4.78 is 6.41. The van der Waals surface area contributed by atoms with Gasteiger partial charge in [-0.25, -0.2) is 4.79 Å². The summed E-state index contributed by atoms with van der Waals surface area (Å²) in [6.07, 6.45) is 3.22. The van der Waals surface area contributed by atoms with Gasteiger partial charge < -0.3 is 15.0 Å². The molecule has 3 rings (SSSR count). The molecule has 114 valence electrons. The molecule has 0 aliphatic heterocycles. The van der Waals surface area contributed by atoms with E-state index >= 15 is 0 Å². The van der Waals surface area contributed by atoms with E-state index in [9.17, 15) is 10.1 Å². The zero-order valence-corrected chi connectivity index (χ0v) is 12.7. The molecule has 0 saturated heterocycles. The van der Waals surface area contributed by atoms with Crippen molar-refractivity contribution >= 4 is 22.6 Å². The first kappa shape index (κ1) is 14.6. The monoisotopic (exact) mass is 306 g/mol. The van der Waals surface area contributed by atoms with E-state index in [0.29, 0.717) is 5.69 Å². The lowest BCUT2D eigenvalue weighted by Crippen LogP contribution is -2.12.